The molecule has 0 radical (unpaired) electrons. The number of methoxy groups -OCH3 is 1. The van der Waals surface area contributed by atoms with Gasteiger partial charge in [0.05, 0.1) is 5.69 Å². The Balaban J connectivity index is 1.91. The fraction of sp³-hybridized carbons (Fsp3) is 0.727. The third-order valence-corrected chi connectivity index (χ3v) is 2.90. The van der Waals surface area contributed by atoms with Crippen molar-refractivity contribution < 1.29 is 9.26 Å². The average Bonchev–Trinajstić information content (AvgIpc) is 2.70. The standard InChI is InChI=1S/C11H19N3O2/c1-9-6-12-3-4-14(9)7-10-5-11(8-15-2)16-13-10/h5,9,12H,3-4,6-8H2,1-2H3/t9-/m1/s1. The maximum absolute atomic E-state index is 5.16. The van der Waals surface area contributed by atoms with Crippen LogP contribution in [0, 0.1) is 0 Å². The zero-order valence-electron chi connectivity index (χ0n) is 9.90. The predicted molar refractivity (Wildman–Crippen MR) is 60.0 cm³/mol. The van der Waals surface area contributed by atoms with Crippen molar-refractivity contribution in [3.8, 4) is 0 Å². The number of hydrogen-bond donors (Lipinski definition) is 1. The fourth-order valence-corrected chi connectivity index (χ4v) is 1.97. The molecule has 16 heavy (non-hydrogen) atoms. The van der Waals surface area contributed by atoms with Crippen LogP contribution in [0.3, 0.4) is 0 Å². The van der Waals surface area contributed by atoms with Crippen LogP contribution in [0.5, 0.6) is 0 Å². The van der Waals surface area contributed by atoms with Crippen molar-refractivity contribution in [3.63, 3.8) is 0 Å². The van der Waals surface area contributed by atoms with Gasteiger partial charge in [0.15, 0.2) is 5.76 Å². The van der Waals surface area contributed by atoms with E-state index >= 15 is 0 Å². The lowest BCUT2D eigenvalue weighted by molar-refractivity contribution is 0.152. The number of hydrogen-bond acceptors (Lipinski definition) is 5. The van der Waals surface area contributed by atoms with E-state index in [1.54, 1.807) is 7.11 Å². The third-order valence-electron chi connectivity index (χ3n) is 2.90. The molecule has 0 unspecified atom stereocenters. The van der Waals surface area contributed by atoms with Gasteiger partial charge in [-0.25, -0.2) is 0 Å². The Bertz CT molecular complexity index is 327. The summed E-state index contributed by atoms with van der Waals surface area (Å²) in [5.74, 6) is 0.792. The van der Waals surface area contributed by atoms with Gasteiger partial charge in [-0.15, -0.1) is 0 Å². The molecule has 0 bridgehead atoms. The van der Waals surface area contributed by atoms with Gasteiger partial charge in [0.25, 0.3) is 0 Å². The van der Waals surface area contributed by atoms with E-state index in [9.17, 15) is 0 Å². The van der Waals surface area contributed by atoms with Gasteiger partial charge in [-0.2, -0.15) is 0 Å². The molecule has 0 aromatic carbocycles. The van der Waals surface area contributed by atoms with Crippen molar-refractivity contribution in [1.29, 1.82) is 0 Å². The molecule has 0 aliphatic carbocycles. The van der Waals surface area contributed by atoms with Gasteiger partial charge in [0, 0.05) is 45.4 Å². The molecule has 90 valence electrons. The highest BCUT2D eigenvalue weighted by Crippen LogP contribution is 2.11. The SMILES string of the molecule is COCc1cc(CN2CCNC[C@H]2C)no1. The number of rotatable bonds is 4. The number of ether oxygens (including phenoxy) is 1. The lowest BCUT2D eigenvalue weighted by Crippen LogP contribution is -2.49. The van der Waals surface area contributed by atoms with Crippen molar-refractivity contribution >= 4 is 0 Å². The van der Waals surface area contributed by atoms with Crippen LogP contribution < -0.4 is 5.32 Å². The summed E-state index contributed by atoms with van der Waals surface area (Å²) in [5.41, 5.74) is 0.987. The molecule has 1 N–H and O–H groups in total. The van der Waals surface area contributed by atoms with E-state index in [-0.39, 0.29) is 0 Å². The first kappa shape index (κ1) is 11.6. The van der Waals surface area contributed by atoms with Gasteiger partial charge in [0.1, 0.15) is 6.61 Å². The zero-order valence-corrected chi connectivity index (χ0v) is 9.90. The Morgan fingerprint density at radius 1 is 1.69 bits per heavy atom. The van der Waals surface area contributed by atoms with E-state index in [0.29, 0.717) is 12.6 Å². The molecule has 1 fully saturated rings. The van der Waals surface area contributed by atoms with Crippen LogP contribution in [0.1, 0.15) is 18.4 Å². The van der Waals surface area contributed by atoms with Crippen LogP contribution in [0.4, 0.5) is 0 Å². The number of piperazine rings is 1. The Labute approximate surface area is 95.7 Å². The quantitative estimate of drug-likeness (QED) is 0.814. The summed E-state index contributed by atoms with van der Waals surface area (Å²) in [6.45, 7) is 6.73. The van der Waals surface area contributed by atoms with Gasteiger partial charge in [-0.1, -0.05) is 5.16 Å². The second-order valence-electron chi connectivity index (χ2n) is 4.24. The number of nitrogens with one attached hydrogen (secondary N) is 1. The third kappa shape index (κ3) is 2.81. The fourth-order valence-electron chi connectivity index (χ4n) is 1.97. The minimum atomic E-state index is 0.490. The molecule has 1 atom stereocenters. The molecule has 1 aliphatic heterocycles. The van der Waals surface area contributed by atoms with E-state index in [4.69, 9.17) is 9.26 Å². The van der Waals surface area contributed by atoms with Gasteiger partial charge in [0.2, 0.25) is 0 Å². The van der Waals surface area contributed by atoms with Gasteiger partial charge < -0.3 is 14.6 Å². The molecule has 2 rings (SSSR count). The lowest BCUT2D eigenvalue weighted by atomic mass is 10.2. The van der Waals surface area contributed by atoms with Crippen LogP contribution in [0.25, 0.3) is 0 Å². The summed E-state index contributed by atoms with van der Waals surface area (Å²) in [5, 5.41) is 7.42. The van der Waals surface area contributed by atoms with Crippen LogP contribution >= 0.6 is 0 Å². The maximum atomic E-state index is 5.16. The summed E-state index contributed by atoms with van der Waals surface area (Å²) >= 11 is 0. The summed E-state index contributed by atoms with van der Waals surface area (Å²) in [7, 11) is 1.65. The molecule has 1 saturated heterocycles. The van der Waals surface area contributed by atoms with E-state index in [0.717, 1.165) is 37.6 Å². The first-order valence-electron chi connectivity index (χ1n) is 5.68. The number of aromatic nitrogens is 1. The summed E-state index contributed by atoms with van der Waals surface area (Å²) in [6.07, 6.45) is 0. The average molecular weight is 225 g/mol. The minimum Gasteiger partial charge on any atom is -0.377 e. The van der Waals surface area contributed by atoms with Crippen LogP contribution in [0.15, 0.2) is 10.6 Å². The van der Waals surface area contributed by atoms with Crippen molar-refractivity contribution in [2.45, 2.75) is 26.1 Å². The Kier molecular flexibility index (Phi) is 3.93. The molecular formula is C11H19N3O2. The molecule has 1 aromatic rings. The molecule has 2 heterocycles. The maximum Gasteiger partial charge on any atom is 0.162 e. The molecule has 5 heteroatoms. The van der Waals surface area contributed by atoms with Gasteiger partial charge in [-0.05, 0) is 6.92 Å². The molecule has 1 aromatic heterocycles. The number of nitrogens with zero attached hydrogens (tertiary/aromatic N) is 2. The molecule has 5 nitrogen and oxygen atoms in total. The zero-order chi connectivity index (χ0) is 11.4. The van der Waals surface area contributed by atoms with Crippen molar-refractivity contribution in [2.24, 2.45) is 0 Å². The van der Waals surface area contributed by atoms with E-state index in [1.807, 2.05) is 6.07 Å². The Morgan fingerprint density at radius 2 is 2.56 bits per heavy atom. The van der Waals surface area contributed by atoms with Crippen molar-refractivity contribution in [2.75, 3.05) is 26.7 Å². The molecule has 0 amide bonds. The summed E-state index contributed by atoms with van der Waals surface area (Å²) < 4.78 is 10.2. The monoisotopic (exact) mass is 225 g/mol. The summed E-state index contributed by atoms with van der Waals surface area (Å²) in [6, 6.07) is 2.52. The lowest BCUT2D eigenvalue weighted by Gasteiger charge is -2.33. The highest BCUT2D eigenvalue weighted by Gasteiger charge is 2.19. The van der Waals surface area contributed by atoms with Gasteiger partial charge >= 0.3 is 0 Å². The van der Waals surface area contributed by atoms with Crippen LogP contribution in [-0.4, -0.2) is 42.8 Å². The Hall–Kier alpha value is -0.910. The first-order valence-corrected chi connectivity index (χ1v) is 5.68. The van der Waals surface area contributed by atoms with E-state index in [2.05, 4.69) is 22.3 Å². The van der Waals surface area contributed by atoms with Gasteiger partial charge in [-0.3, -0.25) is 4.90 Å². The molecule has 0 saturated carbocycles. The molecule has 0 spiro atoms. The van der Waals surface area contributed by atoms with Crippen molar-refractivity contribution in [3.05, 3.63) is 17.5 Å². The minimum absolute atomic E-state index is 0.490. The molecule has 1 aliphatic rings. The first-order chi connectivity index (χ1) is 7.79. The Morgan fingerprint density at radius 3 is 3.31 bits per heavy atom. The largest absolute Gasteiger partial charge is 0.377 e. The van der Waals surface area contributed by atoms with E-state index in [1.165, 1.54) is 0 Å². The topological polar surface area (TPSA) is 50.5 Å². The molecular weight excluding hydrogens is 206 g/mol. The smallest absolute Gasteiger partial charge is 0.162 e. The highest BCUT2D eigenvalue weighted by atomic mass is 16.5. The van der Waals surface area contributed by atoms with Crippen LogP contribution in [0.2, 0.25) is 0 Å². The normalized spacial score (nSPS) is 22.5. The summed E-state index contributed by atoms with van der Waals surface area (Å²) in [4.78, 5) is 2.41. The predicted octanol–water partition coefficient (Wildman–Crippen LogP) is 0.615. The second kappa shape index (κ2) is 5.43. The van der Waals surface area contributed by atoms with Crippen molar-refractivity contribution in [1.82, 2.24) is 15.4 Å². The van der Waals surface area contributed by atoms with E-state index < -0.39 is 0 Å². The highest BCUT2D eigenvalue weighted by molar-refractivity contribution is 5.05. The van der Waals surface area contributed by atoms with Crippen LogP contribution in [-0.2, 0) is 17.9 Å². The second-order valence-corrected chi connectivity index (χ2v) is 4.24.